The Hall–Kier alpha value is -2.18. The Morgan fingerprint density at radius 3 is 2.50 bits per heavy atom. The van der Waals surface area contributed by atoms with Crippen LogP contribution in [-0.2, 0) is 5.75 Å². The van der Waals surface area contributed by atoms with E-state index in [0.29, 0.717) is 5.13 Å². The van der Waals surface area contributed by atoms with Crippen molar-refractivity contribution in [2.24, 2.45) is 4.99 Å². The molecule has 0 N–H and O–H groups in total. The van der Waals surface area contributed by atoms with Gasteiger partial charge in [-0.2, -0.15) is 0 Å². The fraction of sp³-hybridized carbons (Fsp3) is 0.167. The first-order valence-corrected chi connectivity index (χ1v) is 9.32. The Labute approximate surface area is 150 Å². The highest BCUT2D eigenvalue weighted by atomic mass is 32.2. The number of rotatable bonds is 6. The van der Waals surface area contributed by atoms with Gasteiger partial charge in [0.2, 0.25) is 5.13 Å². The molecule has 0 amide bonds. The topological polar surface area (TPSA) is 41.4 Å². The third-order valence-corrected chi connectivity index (χ3v) is 5.37. The van der Waals surface area contributed by atoms with Gasteiger partial charge in [0.15, 0.2) is 4.34 Å². The SMILES string of the molecule is CN(C)c1ccc(/C=N/c2nnc(SCc3ccccc3)s2)cc1. The predicted molar refractivity (Wildman–Crippen MR) is 104 cm³/mol. The monoisotopic (exact) mass is 354 g/mol. The summed E-state index contributed by atoms with van der Waals surface area (Å²) in [5.74, 6) is 0.894. The molecule has 0 aliphatic carbocycles. The van der Waals surface area contributed by atoms with E-state index < -0.39 is 0 Å². The second-order valence-electron chi connectivity index (χ2n) is 5.37. The fourth-order valence-electron chi connectivity index (χ4n) is 2.02. The van der Waals surface area contributed by atoms with E-state index in [1.165, 1.54) is 22.6 Å². The van der Waals surface area contributed by atoms with Crippen LogP contribution in [0.5, 0.6) is 0 Å². The van der Waals surface area contributed by atoms with Gasteiger partial charge in [-0.15, -0.1) is 10.2 Å². The molecule has 0 aliphatic rings. The maximum Gasteiger partial charge on any atom is 0.232 e. The first-order valence-electron chi connectivity index (χ1n) is 7.52. The van der Waals surface area contributed by atoms with Crippen molar-refractivity contribution in [1.29, 1.82) is 0 Å². The standard InChI is InChI=1S/C18H18N4S2/c1-22(2)16-10-8-14(9-11-16)12-19-17-20-21-18(24-17)23-13-15-6-4-3-5-7-15/h3-12H,13H2,1-2H3/b19-12+. The molecule has 0 saturated heterocycles. The van der Waals surface area contributed by atoms with Crippen molar-refractivity contribution in [3.63, 3.8) is 0 Å². The van der Waals surface area contributed by atoms with Crippen LogP contribution in [0.4, 0.5) is 10.8 Å². The molecule has 0 atom stereocenters. The summed E-state index contributed by atoms with van der Waals surface area (Å²) in [6.45, 7) is 0. The van der Waals surface area contributed by atoms with Gasteiger partial charge >= 0.3 is 0 Å². The minimum absolute atomic E-state index is 0.683. The van der Waals surface area contributed by atoms with Gasteiger partial charge in [0, 0.05) is 31.8 Å². The Morgan fingerprint density at radius 2 is 1.79 bits per heavy atom. The second-order valence-corrected chi connectivity index (χ2v) is 7.55. The molecule has 4 nitrogen and oxygen atoms in total. The van der Waals surface area contributed by atoms with E-state index in [-0.39, 0.29) is 0 Å². The quantitative estimate of drug-likeness (QED) is 0.477. The second kappa shape index (κ2) is 8.08. The lowest BCUT2D eigenvalue weighted by molar-refractivity contribution is 1.01. The van der Waals surface area contributed by atoms with Gasteiger partial charge in [0.1, 0.15) is 0 Å². The highest BCUT2D eigenvalue weighted by molar-refractivity contribution is 8.00. The summed E-state index contributed by atoms with van der Waals surface area (Å²) < 4.78 is 0.939. The maximum absolute atomic E-state index is 4.42. The first-order chi connectivity index (χ1) is 11.7. The lowest BCUT2D eigenvalue weighted by Crippen LogP contribution is -2.08. The molecule has 0 saturated carbocycles. The van der Waals surface area contributed by atoms with Crippen LogP contribution in [0.25, 0.3) is 0 Å². The molecule has 0 radical (unpaired) electrons. The van der Waals surface area contributed by atoms with Crippen LogP contribution < -0.4 is 4.90 Å². The van der Waals surface area contributed by atoms with Gasteiger partial charge in [-0.05, 0) is 23.3 Å². The molecular weight excluding hydrogens is 336 g/mol. The zero-order valence-electron chi connectivity index (χ0n) is 13.6. The molecule has 0 aliphatic heterocycles. The van der Waals surface area contributed by atoms with Crippen molar-refractivity contribution in [2.45, 2.75) is 10.1 Å². The summed E-state index contributed by atoms with van der Waals surface area (Å²) >= 11 is 3.20. The van der Waals surface area contributed by atoms with Crippen LogP contribution in [-0.4, -0.2) is 30.5 Å². The molecule has 3 aromatic rings. The number of aliphatic imine (C=N–C) groups is 1. The highest BCUT2D eigenvalue weighted by Crippen LogP contribution is 2.29. The minimum Gasteiger partial charge on any atom is -0.378 e. The molecule has 0 unspecified atom stereocenters. The van der Waals surface area contributed by atoms with E-state index in [0.717, 1.165) is 15.7 Å². The molecule has 3 rings (SSSR count). The van der Waals surface area contributed by atoms with E-state index in [4.69, 9.17) is 0 Å². The Morgan fingerprint density at radius 1 is 1.04 bits per heavy atom. The van der Waals surface area contributed by atoms with Crippen LogP contribution in [0.3, 0.4) is 0 Å². The minimum atomic E-state index is 0.683. The highest BCUT2D eigenvalue weighted by Gasteiger charge is 2.04. The number of hydrogen-bond donors (Lipinski definition) is 0. The average Bonchev–Trinajstić information content (AvgIpc) is 3.07. The number of hydrogen-bond acceptors (Lipinski definition) is 6. The summed E-state index contributed by atoms with van der Waals surface area (Å²) in [5, 5.41) is 9.01. The predicted octanol–water partition coefficient (Wildman–Crippen LogP) is 4.65. The van der Waals surface area contributed by atoms with Crippen molar-refractivity contribution >= 4 is 40.1 Å². The Kier molecular flexibility index (Phi) is 5.61. The molecule has 1 aromatic heterocycles. The van der Waals surface area contributed by atoms with Crippen molar-refractivity contribution in [3.8, 4) is 0 Å². The number of aromatic nitrogens is 2. The zero-order valence-corrected chi connectivity index (χ0v) is 15.2. The third-order valence-electron chi connectivity index (χ3n) is 3.33. The van der Waals surface area contributed by atoms with Crippen LogP contribution in [0.2, 0.25) is 0 Å². The van der Waals surface area contributed by atoms with Crippen LogP contribution >= 0.6 is 23.1 Å². The number of anilines is 1. The molecule has 2 aromatic carbocycles. The lowest BCUT2D eigenvalue weighted by atomic mass is 10.2. The molecule has 1 heterocycles. The summed E-state index contributed by atoms with van der Waals surface area (Å²) in [6, 6.07) is 18.6. The summed E-state index contributed by atoms with van der Waals surface area (Å²) in [5.41, 5.74) is 3.50. The molecule has 0 spiro atoms. The fourth-order valence-corrected chi connectivity index (χ4v) is 3.66. The normalized spacial score (nSPS) is 11.1. The molecule has 24 heavy (non-hydrogen) atoms. The van der Waals surface area contributed by atoms with E-state index >= 15 is 0 Å². The Balaban J connectivity index is 1.59. The molecule has 122 valence electrons. The zero-order chi connectivity index (χ0) is 16.8. The van der Waals surface area contributed by atoms with Gasteiger partial charge < -0.3 is 4.90 Å². The van der Waals surface area contributed by atoms with E-state index in [9.17, 15) is 0 Å². The van der Waals surface area contributed by atoms with Crippen LogP contribution in [0, 0.1) is 0 Å². The van der Waals surface area contributed by atoms with Crippen LogP contribution in [0.1, 0.15) is 11.1 Å². The summed E-state index contributed by atoms with van der Waals surface area (Å²) in [6.07, 6.45) is 1.82. The third kappa shape index (κ3) is 4.66. The van der Waals surface area contributed by atoms with Gasteiger partial charge in [-0.25, -0.2) is 4.99 Å². The summed E-state index contributed by atoms with van der Waals surface area (Å²) in [4.78, 5) is 6.49. The van der Waals surface area contributed by atoms with Gasteiger partial charge in [-0.3, -0.25) is 0 Å². The van der Waals surface area contributed by atoms with E-state index in [1.54, 1.807) is 11.8 Å². The Bertz CT molecular complexity index is 795. The molecular formula is C18H18N4S2. The molecule has 0 bridgehead atoms. The van der Waals surface area contributed by atoms with Crippen molar-refractivity contribution in [2.75, 3.05) is 19.0 Å². The van der Waals surface area contributed by atoms with Crippen molar-refractivity contribution in [3.05, 3.63) is 65.7 Å². The number of nitrogens with zero attached hydrogens (tertiary/aromatic N) is 4. The average molecular weight is 355 g/mol. The van der Waals surface area contributed by atoms with E-state index in [1.807, 2.05) is 50.6 Å². The number of benzene rings is 2. The van der Waals surface area contributed by atoms with Gasteiger partial charge in [0.25, 0.3) is 0 Å². The summed E-state index contributed by atoms with van der Waals surface area (Å²) in [7, 11) is 4.05. The van der Waals surface area contributed by atoms with Crippen LogP contribution in [0.15, 0.2) is 63.9 Å². The van der Waals surface area contributed by atoms with Gasteiger partial charge in [-0.1, -0.05) is 65.6 Å². The molecule has 0 fully saturated rings. The van der Waals surface area contributed by atoms with Gasteiger partial charge in [0.05, 0.1) is 0 Å². The van der Waals surface area contributed by atoms with E-state index in [2.05, 4.69) is 44.4 Å². The smallest absolute Gasteiger partial charge is 0.232 e. The maximum atomic E-state index is 4.42. The largest absolute Gasteiger partial charge is 0.378 e. The first kappa shape index (κ1) is 16.7. The number of thioether (sulfide) groups is 1. The lowest BCUT2D eigenvalue weighted by Gasteiger charge is -2.11. The van der Waals surface area contributed by atoms with Crippen molar-refractivity contribution in [1.82, 2.24) is 10.2 Å². The molecule has 6 heteroatoms. The van der Waals surface area contributed by atoms with Crippen molar-refractivity contribution < 1.29 is 0 Å².